The van der Waals surface area contributed by atoms with E-state index in [4.69, 9.17) is 10.5 Å². The van der Waals surface area contributed by atoms with E-state index in [0.29, 0.717) is 6.54 Å². The van der Waals surface area contributed by atoms with Crippen LogP contribution in [0.5, 0.6) is 5.75 Å². The van der Waals surface area contributed by atoms with Gasteiger partial charge >= 0.3 is 0 Å². The van der Waals surface area contributed by atoms with Crippen molar-refractivity contribution in [2.24, 2.45) is 11.7 Å². The second-order valence-corrected chi connectivity index (χ2v) is 6.49. The molecule has 1 aromatic rings. The van der Waals surface area contributed by atoms with Crippen molar-refractivity contribution in [2.45, 2.75) is 51.1 Å². The molecular formula is C18H28N2O. The lowest BCUT2D eigenvalue weighted by atomic mass is 9.96. The molecule has 3 nitrogen and oxygen atoms in total. The minimum absolute atomic E-state index is 0.594. The third-order valence-corrected chi connectivity index (χ3v) is 5.16. The summed E-state index contributed by atoms with van der Waals surface area (Å²) in [5, 5.41) is 0. The Morgan fingerprint density at radius 3 is 2.52 bits per heavy atom. The zero-order chi connectivity index (χ0) is 14.5. The number of rotatable bonds is 6. The summed E-state index contributed by atoms with van der Waals surface area (Å²) >= 11 is 0. The van der Waals surface area contributed by atoms with Crippen LogP contribution >= 0.6 is 0 Å². The highest BCUT2D eigenvalue weighted by atomic mass is 16.5. The number of likely N-dealkylation sites (tertiary alicyclic amines) is 1. The molecule has 1 unspecified atom stereocenters. The average molecular weight is 288 g/mol. The Hall–Kier alpha value is -1.06. The molecule has 21 heavy (non-hydrogen) atoms. The lowest BCUT2D eigenvalue weighted by Gasteiger charge is -2.29. The van der Waals surface area contributed by atoms with Crippen molar-refractivity contribution in [3.05, 3.63) is 29.8 Å². The van der Waals surface area contributed by atoms with E-state index < -0.39 is 0 Å². The van der Waals surface area contributed by atoms with Crippen LogP contribution in [-0.4, -0.2) is 30.6 Å². The van der Waals surface area contributed by atoms with E-state index in [1.54, 1.807) is 0 Å². The molecule has 1 heterocycles. The van der Waals surface area contributed by atoms with Gasteiger partial charge in [-0.3, -0.25) is 4.90 Å². The van der Waals surface area contributed by atoms with E-state index in [9.17, 15) is 0 Å². The van der Waals surface area contributed by atoms with Gasteiger partial charge in [0.15, 0.2) is 0 Å². The van der Waals surface area contributed by atoms with Crippen molar-refractivity contribution in [1.29, 1.82) is 0 Å². The minimum Gasteiger partial charge on any atom is -0.492 e. The Labute approximate surface area is 128 Å². The van der Waals surface area contributed by atoms with Crippen molar-refractivity contribution < 1.29 is 4.74 Å². The Balaban J connectivity index is 1.45. The standard InChI is InChI=1S/C18H28N2O/c19-14-15-7-9-17(10-8-15)21-13-12-20-11-3-6-18(20)16-4-1-2-5-16/h7-10,16,18H,1-6,11-14,19H2. The summed E-state index contributed by atoms with van der Waals surface area (Å²) in [6.45, 7) is 3.72. The van der Waals surface area contributed by atoms with Gasteiger partial charge in [-0.25, -0.2) is 0 Å². The third kappa shape index (κ3) is 3.78. The summed E-state index contributed by atoms with van der Waals surface area (Å²) in [7, 11) is 0. The molecule has 2 fully saturated rings. The summed E-state index contributed by atoms with van der Waals surface area (Å²) in [5.41, 5.74) is 6.77. The van der Waals surface area contributed by atoms with Crippen LogP contribution in [0.2, 0.25) is 0 Å². The number of benzene rings is 1. The molecule has 1 saturated carbocycles. The van der Waals surface area contributed by atoms with Gasteiger partial charge in [0.25, 0.3) is 0 Å². The van der Waals surface area contributed by atoms with Gasteiger partial charge in [0.2, 0.25) is 0 Å². The van der Waals surface area contributed by atoms with Crippen LogP contribution in [-0.2, 0) is 6.54 Å². The predicted octanol–water partition coefficient (Wildman–Crippen LogP) is 3.18. The van der Waals surface area contributed by atoms with Crippen LogP contribution in [0.1, 0.15) is 44.1 Å². The monoisotopic (exact) mass is 288 g/mol. The van der Waals surface area contributed by atoms with E-state index in [-0.39, 0.29) is 0 Å². The molecule has 1 saturated heterocycles. The first-order chi connectivity index (χ1) is 10.4. The van der Waals surface area contributed by atoms with Crippen molar-refractivity contribution in [3.8, 4) is 5.75 Å². The third-order valence-electron chi connectivity index (χ3n) is 5.16. The molecule has 1 atom stereocenters. The number of nitrogens with two attached hydrogens (primary N) is 1. The summed E-state index contributed by atoms with van der Waals surface area (Å²) in [5.74, 6) is 1.92. The molecule has 2 aliphatic rings. The van der Waals surface area contributed by atoms with Crippen LogP contribution in [0, 0.1) is 5.92 Å². The fourth-order valence-corrected chi connectivity index (χ4v) is 4.01. The molecule has 116 valence electrons. The van der Waals surface area contributed by atoms with E-state index >= 15 is 0 Å². The first kappa shape index (κ1) is 14.9. The molecule has 1 aliphatic carbocycles. The Morgan fingerprint density at radius 2 is 1.81 bits per heavy atom. The highest BCUT2D eigenvalue weighted by Crippen LogP contribution is 2.35. The van der Waals surface area contributed by atoms with Gasteiger partial charge in [0.05, 0.1) is 0 Å². The molecule has 0 amide bonds. The lowest BCUT2D eigenvalue weighted by Crippen LogP contribution is -2.37. The highest BCUT2D eigenvalue weighted by Gasteiger charge is 2.32. The van der Waals surface area contributed by atoms with Crippen molar-refractivity contribution in [1.82, 2.24) is 4.90 Å². The first-order valence-electron chi connectivity index (χ1n) is 8.52. The van der Waals surface area contributed by atoms with Crippen molar-refractivity contribution in [2.75, 3.05) is 19.7 Å². The van der Waals surface area contributed by atoms with Gasteiger partial charge in [-0.15, -0.1) is 0 Å². The van der Waals surface area contributed by atoms with Crippen molar-refractivity contribution >= 4 is 0 Å². The van der Waals surface area contributed by atoms with Gasteiger partial charge in [-0.2, -0.15) is 0 Å². The summed E-state index contributed by atoms with van der Waals surface area (Å²) < 4.78 is 5.90. The number of hydrogen-bond donors (Lipinski definition) is 1. The number of hydrogen-bond acceptors (Lipinski definition) is 3. The second-order valence-electron chi connectivity index (χ2n) is 6.49. The lowest BCUT2D eigenvalue weighted by molar-refractivity contribution is 0.158. The van der Waals surface area contributed by atoms with Gasteiger partial charge in [-0.1, -0.05) is 25.0 Å². The van der Waals surface area contributed by atoms with Gasteiger partial charge in [0.1, 0.15) is 12.4 Å². The molecule has 3 rings (SSSR count). The highest BCUT2D eigenvalue weighted by molar-refractivity contribution is 5.27. The average Bonchev–Trinajstić information content (AvgIpc) is 3.18. The topological polar surface area (TPSA) is 38.5 Å². The number of nitrogens with zero attached hydrogens (tertiary/aromatic N) is 1. The van der Waals surface area contributed by atoms with Crippen LogP contribution in [0.15, 0.2) is 24.3 Å². The molecular weight excluding hydrogens is 260 g/mol. The molecule has 1 aromatic carbocycles. The SMILES string of the molecule is NCc1ccc(OCCN2CCCC2C2CCCC2)cc1. The van der Waals surface area contributed by atoms with E-state index in [0.717, 1.165) is 36.4 Å². The number of ether oxygens (including phenoxy) is 1. The fraction of sp³-hybridized carbons (Fsp3) is 0.667. The van der Waals surface area contributed by atoms with Crippen molar-refractivity contribution in [3.63, 3.8) is 0 Å². The maximum Gasteiger partial charge on any atom is 0.119 e. The first-order valence-corrected chi connectivity index (χ1v) is 8.52. The molecule has 1 aliphatic heterocycles. The molecule has 0 aromatic heterocycles. The molecule has 2 N–H and O–H groups in total. The Kier molecular flexibility index (Phi) is 5.15. The minimum atomic E-state index is 0.594. The largest absolute Gasteiger partial charge is 0.492 e. The van der Waals surface area contributed by atoms with Crippen LogP contribution in [0.25, 0.3) is 0 Å². The van der Waals surface area contributed by atoms with Crippen LogP contribution in [0.4, 0.5) is 0 Å². The molecule has 0 spiro atoms. The Bertz CT molecular complexity index is 425. The molecule has 0 bridgehead atoms. The van der Waals surface area contributed by atoms with Crippen LogP contribution < -0.4 is 10.5 Å². The van der Waals surface area contributed by atoms with E-state index in [1.165, 1.54) is 45.1 Å². The normalized spacial score (nSPS) is 23.8. The zero-order valence-electron chi connectivity index (χ0n) is 13.0. The summed E-state index contributed by atoms with van der Waals surface area (Å²) in [6, 6.07) is 8.98. The van der Waals surface area contributed by atoms with E-state index in [1.807, 2.05) is 24.3 Å². The fourth-order valence-electron chi connectivity index (χ4n) is 4.01. The molecule has 3 heteroatoms. The van der Waals surface area contributed by atoms with Gasteiger partial charge in [0, 0.05) is 19.1 Å². The maximum absolute atomic E-state index is 5.90. The second kappa shape index (κ2) is 7.28. The smallest absolute Gasteiger partial charge is 0.119 e. The summed E-state index contributed by atoms with van der Waals surface area (Å²) in [6.07, 6.45) is 8.55. The van der Waals surface area contributed by atoms with Gasteiger partial charge in [-0.05, 0) is 55.8 Å². The van der Waals surface area contributed by atoms with Crippen LogP contribution in [0.3, 0.4) is 0 Å². The maximum atomic E-state index is 5.90. The Morgan fingerprint density at radius 1 is 1.05 bits per heavy atom. The quantitative estimate of drug-likeness (QED) is 0.873. The molecule has 0 radical (unpaired) electrons. The van der Waals surface area contributed by atoms with E-state index in [2.05, 4.69) is 4.90 Å². The predicted molar refractivity (Wildman–Crippen MR) is 86.4 cm³/mol. The van der Waals surface area contributed by atoms with Gasteiger partial charge < -0.3 is 10.5 Å². The zero-order valence-corrected chi connectivity index (χ0v) is 13.0. The summed E-state index contributed by atoms with van der Waals surface area (Å²) in [4.78, 5) is 2.67.